The summed E-state index contributed by atoms with van der Waals surface area (Å²) in [5.74, 6) is -0.0954. The molecule has 0 N–H and O–H groups in total. The fourth-order valence-corrected chi connectivity index (χ4v) is 3.16. The van der Waals surface area contributed by atoms with Crippen molar-refractivity contribution >= 4 is 16.7 Å². The number of aromatic nitrogens is 2. The smallest absolute Gasteiger partial charge is 0.259 e. The second-order valence-corrected chi connectivity index (χ2v) is 6.64. The van der Waals surface area contributed by atoms with Crippen LogP contribution in [0.4, 0.5) is 0 Å². The molecule has 29 heavy (non-hydrogen) atoms. The molecule has 3 aromatic carbocycles. The van der Waals surface area contributed by atoms with E-state index in [-0.39, 0.29) is 18.1 Å². The quantitative estimate of drug-likeness (QED) is 0.490. The molecule has 7 nitrogen and oxygen atoms in total. The lowest BCUT2D eigenvalue weighted by Crippen LogP contribution is -2.40. The van der Waals surface area contributed by atoms with Gasteiger partial charge in [-0.15, -0.1) is 0 Å². The van der Waals surface area contributed by atoms with Crippen LogP contribution in [0, 0.1) is 0 Å². The van der Waals surface area contributed by atoms with Gasteiger partial charge in [-0.05, 0) is 39.7 Å². The van der Waals surface area contributed by atoms with Gasteiger partial charge in [-0.25, -0.2) is 0 Å². The summed E-state index contributed by atoms with van der Waals surface area (Å²) in [7, 11) is 3.22. The lowest BCUT2D eigenvalue weighted by atomic mass is 10.1. The average Bonchev–Trinajstić information content (AvgIpc) is 3.13. The molecule has 0 saturated heterocycles. The van der Waals surface area contributed by atoms with Crippen LogP contribution in [-0.2, 0) is 6.54 Å². The molecule has 1 aromatic heterocycles. The number of fused-ring (bicyclic) bond motifs is 1. The molecule has 146 valence electrons. The topological polar surface area (TPSA) is 82.5 Å². The molecule has 7 heteroatoms. The first-order chi connectivity index (χ1) is 14.1. The molecule has 0 radical (unpaired) electrons. The van der Waals surface area contributed by atoms with Crippen molar-refractivity contribution in [3.05, 3.63) is 78.0 Å². The number of carbonyl (C=O) groups excluding carboxylic acids is 1. The Balaban J connectivity index is 1.59. The zero-order chi connectivity index (χ0) is 20.4. The van der Waals surface area contributed by atoms with Gasteiger partial charge in [0.25, 0.3) is 11.6 Å². The van der Waals surface area contributed by atoms with E-state index in [0.717, 1.165) is 10.8 Å². The Morgan fingerprint density at radius 2 is 1.83 bits per heavy atom. The van der Waals surface area contributed by atoms with Gasteiger partial charge in [0.1, 0.15) is 12.3 Å². The summed E-state index contributed by atoms with van der Waals surface area (Å²) in [5, 5.41) is 18.1. The van der Waals surface area contributed by atoms with Crippen LogP contribution in [0.15, 0.2) is 71.3 Å². The Morgan fingerprint density at radius 1 is 1.10 bits per heavy atom. The van der Waals surface area contributed by atoms with Crippen LogP contribution >= 0.6 is 0 Å². The molecule has 0 saturated carbocycles. The zero-order valence-corrected chi connectivity index (χ0v) is 16.0. The highest BCUT2D eigenvalue weighted by molar-refractivity contribution is 5.98. The predicted molar refractivity (Wildman–Crippen MR) is 104 cm³/mol. The Kier molecular flexibility index (Phi) is 4.87. The summed E-state index contributed by atoms with van der Waals surface area (Å²) in [6, 6.07) is 20.4. The van der Waals surface area contributed by atoms with Crippen molar-refractivity contribution in [2.45, 2.75) is 6.54 Å². The number of benzene rings is 3. The van der Waals surface area contributed by atoms with Gasteiger partial charge in [0.05, 0.1) is 12.4 Å². The van der Waals surface area contributed by atoms with Gasteiger partial charge < -0.3 is 19.3 Å². The van der Waals surface area contributed by atoms with Gasteiger partial charge in [0.2, 0.25) is 5.69 Å². The summed E-state index contributed by atoms with van der Waals surface area (Å²) in [6.07, 6.45) is 0. The van der Waals surface area contributed by atoms with Gasteiger partial charge in [-0.1, -0.05) is 30.3 Å². The number of amides is 1. The average molecular weight is 389 g/mol. The molecule has 0 spiro atoms. The largest absolute Gasteiger partial charge is 0.539 e. The second kappa shape index (κ2) is 7.63. The molecule has 4 aromatic rings. The maximum atomic E-state index is 12.9. The maximum Gasteiger partial charge on any atom is 0.259 e. The third-order valence-electron chi connectivity index (χ3n) is 4.74. The normalized spacial score (nSPS) is 10.8. The standard InChI is InChI=1S/C22H19N3O4/c1-24(21(26)17-8-7-15-5-3-4-6-16(15)13-17)14-20-22(27)29-23-25(20)18-9-11-19(28-2)12-10-18/h3-13H,14H2,1-2H3. The fourth-order valence-electron chi connectivity index (χ4n) is 3.16. The van der Waals surface area contributed by atoms with Crippen LogP contribution in [0.1, 0.15) is 16.1 Å². The van der Waals surface area contributed by atoms with Crippen molar-refractivity contribution < 1.29 is 23.8 Å². The summed E-state index contributed by atoms with van der Waals surface area (Å²) >= 11 is 0. The van der Waals surface area contributed by atoms with Crippen LogP contribution < -0.4 is 14.5 Å². The number of hydrogen-bond acceptors (Lipinski definition) is 5. The molecule has 0 aliphatic rings. The van der Waals surface area contributed by atoms with Crippen LogP contribution in [0.3, 0.4) is 0 Å². The van der Waals surface area contributed by atoms with E-state index in [1.807, 2.05) is 36.4 Å². The van der Waals surface area contributed by atoms with Gasteiger partial charge in [-0.3, -0.25) is 4.79 Å². The minimum absolute atomic E-state index is 0.0556. The molecule has 0 atom stereocenters. The second-order valence-electron chi connectivity index (χ2n) is 6.64. The Morgan fingerprint density at radius 3 is 2.55 bits per heavy atom. The minimum atomic E-state index is -0.584. The van der Waals surface area contributed by atoms with E-state index in [0.29, 0.717) is 17.0 Å². The van der Waals surface area contributed by atoms with Crippen molar-refractivity contribution in [2.75, 3.05) is 14.2 Å². The number of carbonyl (C=O) groups is 1. The van der Waals surface area contributed by atoms with Crippen LogP contribution in [0.5, 0.6) is 11.7 Å². The number of methoxy groups -OCH3 is 1. The third-order valence-corrected chi connectivity index (χ3v) is 4.74. The molecular weight excluding hydrogens is 370 g/mol. The summed E-state index contributed by atoms with van der Waals surface area (Å²) in [6.45, 7) is 0.0556. The molecule has 1 amide bonds. The van der Waals surface area contributed by atoms with E-state index < -0.39 is 5.95 Å². The van der Waals surface area contributed by atoms with E-state index in [9.17, 15) is 9.90 Å². The lowest BCUT2D eigenvalue weighted by molar-refractivity contribution is -0.678. The predicted octanol–water partition coefficient (Wildman–Crippen LogP) is 2.46. The SMILES string of the molecule is COc1ccc(-[n+]2noc([O-])c2CN(C)C(=O)c2ccc3ccccc3c2)cc1. The van der Waals surface area contributed by atoms with Gasteiger partial charge in [0, 0.05) is 24.7 Å². The molecule has 0 aliphatic heterocycles. The van der Waals surface area contributed by atoms with Crippen LogP contribution in [0.2, 0.25) is 0 Å². The Labute approximate surface area is 167 Å². The van der Waals surface area contributed by atoms with E-state index >= 15 is 0 Å². The monoisotopic (exact) mass is 389 g/mol. The van der Waals surface area contributed by atoms with Gasteiger partial charge in [0.15, 0.2) is 5.95 Å². The minimum Gasteiger partial charge on any atom is -0.539 e. The van der Waals surface area contributed by atoms with E-state index in [4.69, 9.17) is 9.26 Å². The molecule has 0 aliphatic carbocycles. The fraction of sp³-hybridized carbons (Fsp3) is 0.136. The first-order valence-corrected chi connectivity index (χ1v) is 9.03. The number of rotatable bonds is 5. The van der Waals surface area contributed by atoms with E-state index in [1.165, 1.54) is 9.58 Å². The number of nitrogens with zero attached hydrogens (tertiary/aromatic N) is 3. The van der Waals surface area contributed by atoms with E-state index in [1.54, 1.807) is 44.5 Å². The summed E-state index contributed by atoms with van der Waals surface area (Å²) < 4.78 is 11.4. The molecule has 4 rings (SSSR count). The molecular formula is C22H19N3O4. The lowest BCUT2D eigenvalue weighted by Gasteiger charge is -2.15. The van der Waals surface area contributed by atoms with Crippen molar-refractivity contribution in [3.63, 3.8) is 0 Å². The molecule has 0 fully saturated rings. The molecule has 1 heterocycles. The Bertz CT molecular complexity index is 1170. The van der Waals surface area contributed by atoms with Crippen molar-refractivity contribution in [1.82, 2.24) is 10.2 Å². The number of hydrogen-bond donors (Lipinski definition) is 0. The van der Waals surface area contributed by atoms with Crippen LogP contribution in [0.25, 0.3) is 16.5 Å². The number of ether oxygens (including phenoxy) is 1. The summed E-state index contributed by atoms with van der Waals surface area (Å²) in [5.41, 5.74) is 1.44. The highest BCUT2D eigenvalue weighted by Crippen LogP contribution is 2.19. The van der Waals surface area contributed by atoms with Crippen molar-refractivity contribution in [2.24, 2.45) is 0 Å². The zero-order valence-electron chi connectivity index (χ0n) is 16.0. The first kappa shape index (κ1) is 18.5. The summed E-state index contributed by atoms with van der Waals surface area (Å²) in [4.78, 5) is 14.4. The maximum absolute atomic E-state index is 12.9. The van der Waals surface area contributed by atoms with Crippen LogP contribution in [-0.4, -0.2) is 30.2 Å². The van der Waals surface area contributed by atoms with E-state index in [2.05, 4.69) is 5.27 Å². The third kappa shape index (κ3) is 3.62. The van der Waals surface area contributed by atoms with Crippen molar-refractivity contribution in [3.8, 4) is 17.4 Å². The van der Waals surface area contributed by atoms with Crippen molar-refractivity contribution in [1.29, 1.82) is 0 Å². The van der Waals surface area contributed by atoms with Gasteiger partial charge in [-0.2, -0.15) is 0 Å². The van der Waals surface area contributed by atoms with Gasteiger partial charge >= 0.3 is 0 Å². The highest BCUT2D eigenvalue weighted by atomic mass is 16.6. The highest BCUT2D eigenvalue weighted by Gasteiger charge is 2.24. The first-order valence-electron chi connectivity index (χ1n) is 9.03. The molecule has 0 bridgehead atoms. The Hall–Kier alpha value is -3.87. The molecule has 0 unspecified atom stereocenters.